The van der Waals surface area contributed by atoms with Crippen LogP contribution < -0.4 is 0 Å². The molecule has 1 aromatic rings. The molecule has 3 rings (SSSR count). The topological polar surface area (TPSA) is 74.8 Å². The molecule has 0 radical (unpaired) electrons. The molecule has 0 spiro atoms. The molecule has 24 heavy (non-hydrogen) atoms. The molecule has 1 aromatic carbocycles. The molecule has 0 N–H and O–H groups in total. The quantitative estimate of drug-likeness (QED) is 0.792. The Kier molecular flexibility index (Phi) is 4.89. The third-order valence-corrected chi connectivity index (χ3v) is 6.29. The molecule has 1 aliphatic carbocycles. The van der Waals surface area contributed by atoms with Gasteiger partial charge in [-0.3, -0.25) is 9.59 Å². The number of hydrogen-bond acceptors (Lipinski definition) is 4. The lowest BCUT2D eigenvalue weighted by Gasteiger charge is -2.35. The van der Waals surface area contributed by atoms with Gasteiger partial charge in [0.25, 0.3) is 0 Å². The van der Waals surface area contributed by atoms with Gasteiger partial charge in [0.05, 0.1) is 10.6 Å². The van der Waals surface area contributed by atoms with Gasteiger partial charge in [-0.1, -0.05) is 18.2 Å². The normalized spacial score (nSPS) is 18.5. The molecular formula is C17H22N2O4S. The summed E-state index contributed by atoms with van der Waals surface area (Å²) in [6.45, 7) is 2.07. The molecule has 130 valence electrons. The van der Waals surface area contributed by atoms with Gasteiger partial charge >= 0.3 is 0 Å². The van der Waals surface area contributed by atoms with E-state index in [0.29, 0.717) is 26.2 Å². The van der Waals surface area contributed by atoms with Crippen LogP contribution in [-0.2, 0) is 19.4 Å². The number of carbonyl (C=O) groups excluding carboxylic acids is 2. The van der Waals surface area contributed by atoms with Crippen molar-refractivity contribution in [1.29, 1.82) is 0 Å². The molecule has 0 unspecified atom stereocenters. The van der Waals surface area contributed by atoms with E-state index in [-0.39, 0.29) is 34.8 Å². The van der Waals surface area contributed by atoms with E-state index in [2.05, 4.69) is 0 Å². The highest BCUT2D eigenvalue weighted by Crippen LogP contribution is 2.31. The van der Waals surface area contributed by atoms with Crippen LogP contribution in [-0.4, -0.2) is 62.0 Å². The second-order valence-electron chi connectivity index (χ2n) is 6.36. The van der Waals surface area contributed by atoms with Gasteiger partial charge in [-0.05, 0) is 25.0 Å². The summed E-state index contributed by atoms with van der Waals surface area (Å²) in [5.41, 5.74) is 0. The zero-order chi connectivity index (χ0) is 17.2. The van der Waals surface area contributed by atoms with E-state index >= 15 is 0 Å². The first kappa shape index (κ1) is 17.0. The lowest BCUT2D eigenvalue weighted by atomic mass is 10.2. The van der Waals surface area contributed by atoms with E-state index in [4.69, 9.17) is 0 Å². The molecule has 1 aliphatic heterocycles. The number of nitrogens with zero attached hydrogens (tertiary/aromatic N) is 2. The number of carbonyl (C=O) groups is 2. The molecule has 7 heteroatoms. The SMILES string of the molecule is O=C(CCS(=O)(=O)c1ccccc1)N1CCN(C(=O)C2CC2)CC1. The molecule has 0 atom stereocenters. The van der Waals surface area contributed by atoms with Gasteiger partial charge in [0.2, 0.25) is 11.8 Å². The van der Waals surface area contributed by atoms with Crippen molar-refractivity contribution in [3.63, 3.8) is 0 Å². The first-order chi connectivity index (χ1) is 11.5. The van der Waals surface area contributed by atoms with Gasteiger partial charge < -0.3 is 9.80 Å². The van der Waals surface area contributed by atoms with Crippen LogP contribution in [0.2, 0.25) is 0 Å². The molecule has 2 aliphatic rings. The predicted octanol–water partition coefficient (Wildman–Crippen LogP) is 0.931. The minimum atomic E-state index is -3.43. The zero-order valence-corrected chi connectivity index (χ0v) is 14.4. The summed E-state index contributed by atoms with van der Waals surface area (Å²) in [5.74, 6) is 0.0573. The minimum absolute atomic E-state index is 0.0200. The highest BCUT2D eigenvalue weighted by Gasteiger charge is 2.35. The Labute approximate surface area is 142 Å². The summed E-state index contributed by atoms with van der Waals surface area (Å²) in [5, 5.41) is 0. The van der Waals surface area contributed by atoms with Crippen molar-refractivity contribution in [1.82, 2.24) is 9.80 Å². The fourth-order valence-corrected chi connectivity index (χ4v) is 4.14. The Bertz CT molecular complexity index is 705. The molecule has 1 saturated heterocycles. The van der Waals surface area contributed by atoms with E-state index in [9.17, 15) is 18.0 Å². The van der Waals surface area contributed by atoms with Crippen LogP contribution >= 0.6 is 0 Å². The smallest absolute Gasteiger partial charge is 0.225 e. The molecule has 2 fully saturated rings. The first-order valence-electron chi connectivity index (χ1n) is 8.32. The molecule has 1 heterocycles. The third kappa shape index (κ3) is 3.95. The fourth-order valence-electron chi connectivity index (χ4n) is 2.89. The highest BCUT2D eigenvalue weighted by atomic mass is 32.2. The maximum Gasteiger partial charge on any atom is 0.225 e. The summed E-state index contributed by atoms with van der Waals surface area (Å²) in [4.78, 5) is 28.0. The monoisotopic (exact) mass is 350 g/mol. The van der Waals surface area contributed by atoms with E-state index in [1.54, 1.807) is 35.2 Å². The Morgan fingerprint density at radius 1 is 0.958 bits per heavy atom. The van der Waals surface area contributed by atoms with Gasteiger partial charge in [0, 0.05) is 38.5 Å². The van der Waals surface area contributed by atoms with Crippen LogP contribution in [0.4, 0.5) is 0 Å². The first-order valence-corrected chi connectivity index (χ1v) is 9.97. The minimum Gasteiger partial charge on any atom is -0.339 e. The van der Waals surface area contributed by atoms with Gasteiger partial charge in [0.15, 0.2) is 9.84 Å². The average Bonchev–Trinajstić information content (AvgIpc) is 3.45. The van der Waals surface area contributed by atoms with E-state index < -0.39 is 9.84 Å². The van der Waals surface area contributed by atoms with Crippen molar-refractivity contribution in [2.24, 2.45) is 5.92 Å². The molecule has 0 bridgehead atoms. The van der Waals surface area contributed by atoms with Crippen molar-refractivity contribution < 1.29 is 18.0 Å². The molecule has 0 aromatic heterocycles. The lowest BCUT2D eigenvalue weighted by molar-refractivity contribution is -0.140. The number of sulfone groups is 1. The van der Waals surface area contributed by atoms with Crippen LogP contribution in [0, 0.1) is 5.92 Å². The number of benzene rings is 1. The van der Waals surface area contributed by atoms with Crippen molar-refractivity contribution in [3.8, 4) is 0 Å². The molecular weight excluding hydrogens is 328 g/mol. The Morgan fingerprint density at radius 2 is 1.54 bits per heavy atom. The van der Waals surface area contributed by atoms with E-state index in [0.717, 1.165) is 12.8 Å². The second-order valence-corrected chi connectivity index (χ2v) is 8.47. The fraction of sp³-hybridized carbons (Fsp3) is 0.529. The van der Waals surface area contributed by atoms with Crippen LogP contribution in [0.15, 0.2) is 35.2 Å². The van der Waals surface area contributed by atoms with Crippen LogP contribution in [0.3, 0.4) is 0 Å². The lowest BCUT2D eigenvalue weighted by Crippen LogP contribution is -2.51. The average molecular weight is 350 g/mol. The summed E-state index contributed by atoms with van der Waals surface area (Å²) < 4.78 is 24.4. The van der Waals surface area contributed by atoms with Crippen molar-refractivity contribution in [2.75, 3.05) is 31.9 Å². The second kappa shape index (κ2) is 6.93. The standard InChI is InChI=1S/C17H22N2O4S/c20-16(8-13-24(22,23)15-4-2-1-3-5-15)18-9-11-19(12-10-18)17(21)14-6-7-14/h1-5,14H,6-13H2. The van der Waals surface area contributed by atoms with Gasteiger partial charge in [0.1, 0.15) is 0 Å². The predicted molar refractivity (Wildman–Crippen MR) is 89.0 cm³/mol. The number of hydrogen-bond donors (Lipinski definition) is 0. The van der Waals surface area contributed by atoms with Gasteiger partial charge in [-0.25, -0.2) is 8.42 Å². The Hall–Kier alpha value is -1.89. The summed E-state index contributed by atoms with van der Waals surface area (Å²) in [6.07, 6.45) is 1.94. The third-order valence-electron chi connectivity index (χ3n) is 4.56. The summed E-state index contributed by atoms with van der Waals surface area (Å²) >= 11 is 0. The van der Waals surface area contributed by atoms with Crippen molar-refractivity contribution >= 4 is 21.7 Å². The zero-order valence-electron chi connectivity index (χ0n) is 13.6. The summed E-state index contributed by atoms with van der Waals surface area (Å²) in [6, 6.07) is 8.19. The number of rotatable bonds is 5. The molecule has 6 nitrogen and oxygen atoms in total. The van der Waals surface area contributed by atoms with Gasteiger partial charge in [-0.15, -0.1) is 0 Å². The summed E-state index contributed by atoms with van der Waals surface area (Å²) in [7, 11) is -3.43. The van der Waals surface area contributed by atoms with Crippen LogP contribution in [0.25, 0.3) is 0 Å². The highest BCUT2D eigenvalue weighted by molar-refractivity contribution is 7.91. The molecule has 2 amide bonds. The van der Waals surface area contributed by atoms with E-state index in [1.165, 1.54) is 0 Å². The Balaban J connectivity index is 1.48. The maximum atomic E-state index is 12.3. The number of amides is 2. The van der Waals surface area contributed by atoms with Gasteiger partial charge in [-0.2, -0.15) is 0 Å². The van der Waals surface area contributed by atoms with E-state index in [1.807, 2.05) is 4.90 Å². The number of piperazine rings is 1. The molecule has 1 saturated carbocycles. The Morgan fingerprint density at radius 3 is 2.12 bits per heavy atom. The largest absolute Gasteiger partial charge is 0.339 e. The van der Waals surface area contributed by atoms with Crippen molar-refractivity contribution in [2.45, 2.75) is 24.2 Å². The van der Waals surface area contributed by atoms with Crippen molar-refractivity contribution in [3.05, 3.63) is 30.3 Å². The maximum absolute atomic E-state index is 12.3. The van der Waals surface area contributed by atoms with Crippen LogP contribution in [0.5, 0.6) is 0 Å². The van der Waals surface area contributed by atoms with Crippen LogP contribution in [0.1, 0.15) is 19.3 Å².